The summed E-state index contributed by atoms with van der Waals surface area (Å²) < 4.78 is 22.0. The van der Waals surface area contributed by atoms with E-state index < -0.39 is 17.1 Å². The van der Waals surface area contributed by atoms with E-state index in [1.54, 1.807) is 41.8 Å². The second-order valence-corrected chi connectivity index (χ2v) is 11.2. The quantitative estimate of drug-likeness (QED) is 0.177. The van der Waals surface area contributed by atoms with Crippen LogP contribution in [-0.2, 0) is 16.0 Å². The van der Waals surface area contributed by atoms with E-state index in [4.69, 9.17) is 4.74 Å². The van der Waals surface area contributed by atoms with Gasteiger partial charge in [0.15, 0.2) is 11.6 Å². The molecule has 0 aliphatic heterocycles. The number of nitrogens with zero attached hydrogens (tertiary/aromatic N) is 1. The molecule has 206 valence electrons. The Morgan fingerprint density at radius 2 is 1.68 bits per heavy atom. The van der Waals surface area contributed by atoms with Gasteiger partial charge in [0.05, 0.1) is 10.2 Å². The summed E-state index contributed by atoms with van der Waals surface area (Å²) in [5.74, 6) is -0.922. The Bertz CT molecular complexity index is 1750. The van der Waals surface area contributed by atoms with Crippen LogP contribution in [0, 0.1) is 11.2 Å². The van der Waals surface area contributed by atoms with Crippen LogP contribution in [0.25, 0.3) is 20.7 Å². The Labute approximate surface area is 241 Å². The maximum absolute atomic E-state index is 15.2. The highest BCUT2D eigenvalue weighted by Gasteiger charge is 2.56. The minimum absolute atomic E-state index is 0.0262. The fourth-order valence-electron chi connectivity index (χ4n) is 4.79. The first-order valence-electron chi connectivity index (χ1n) is 13.6. The Morgan fingerprint density at radius 1 is 0.902 bits per heavy atom. The van der Waals surface area contributed by atoms with E-state index in [1.165, 1.54) is 17.7 Å². The minimum atomic E-state index is -1.16. The molecule has 8 heteroatoms. The highest BCUT2D eigenvalue weighted by molar-refractivity contribution is 7.22. The van der Waals surface area contributed by atoms with Gasteiger partial charge in [-0.15, -0.1) is 11.3 Å². The molecule has 5 aromatic rings. The van der Waals surface area contributed by atoms with Gasteiger partial charge in [-0.2, -0.15) is 0 Å². The summed E-state index contributed by atoms with van der Waals surface area (Å²) in [7, 11) is 0. The molecule has 41 heavy (non-hydrogen) atoms. The number of rotatable bonds is 9. The van der Waals surface area contributed by atoms with Crippen LogP contribution in [0.5, 0.6) is 11.5 Å². The fraction of sp³-hybridized carbons (Fsp3) is 0.182. The summed E-state index contributed by atoms with van der Waals surface area (Å²) in [5, 5.41) is 5.50. The number of carbonyl (C=O) groups is 2. The van der Waals surface area contributed by atoms with Crippen LogP contribution >= 0.6 is 11.3 Å². The number of aryl methyl sites for hydroxylation is 1. The third-order valence-corrected chi connectivity index (χ3v) is 8.37. The predicted octanol–water partition coefficient (Wildman–Crippen LogP) is 8.20. The summed E-state index contributed by atoms with van der Waals surface area (Å²) in [4.78, 5) is 31.4. The molecule has 2 heterocycles. The van der Waals surface area contributed by atoms with Gasteiger partial charge in [0.25, 0.3) is 0 Å². The summed E-state index contributed by atoms with van der Waals surface area (Å²) in [6.07, 6.45) is 4.61. The van der Waals surface area contributed by atoms with Crippen LogP contribution in [-0.4, -0.2) is 16.8 Å². The van der Waals surface area contributed by atoms with Crippen molar-refractivity contribution in [3.63, 3.8) is 0 Å². The van der Waals surface area contributed by atoms with Gasteiger partial charge in [0.2, 0.25) is 11.8 Å². The van der Waals surface area contributed by atoms with E-state index in [1.807, 2.05) is 24.3 Å². The van der Waals surface area contributed by atoms with E-state index in [9.17, 15) is 9.59 Å². The lowest BCUT2D eigenvalue weighted by molar-refractivity contribution is -0.131. The van der Waals surface area contributed by atoms with E-state index >= 15 is 4.39 Å². The van der Waals surface area contributed by atoms with Crippen LogP contribution in [0.1, 0.15) is 31.7 Å². The SMILES string of the molecule is CCCc1cccc(-c2cc3nccc(Oc4ccc(NC(=O)C5(C(=O)Nc6ccccc6)CC5)cc4F)c3s2)c1. The van der Waals surface area contributed by atoms with Crippen molar-refractivity contribution in [1.82, 2.24) is 4.98 Å². The molecule has 1 aliphatic carbocycles. The van der Waals surface area contributed by atoms with Crippen molar-refractivity contribution in [1.29, 1.82) is 0 Å². The van der Waals surface area contributed by atoms with E-state index in [0.29, 0.717) is 24.3 Å². The molecule has 3 aromatic carbocycles. The molecule has 1 saturated carbocycles. The first-order chi connectivity index (χ1) is 19.9. The number of ether oxygens (including phenoxy) is 1. The van der Waals surface area contributed by atoms with E-state index in [0.717, 1.165) is 33.5 Å². The van der Waals surface area contributed by atoms with E-state index in [2.05, 4.69) is 46.8 Å². The molecule has 1 aliphatic rings. The van der Waals surface area contributed by atoms with Crippen LogP contribution in [0.2, 0.25) is 0 Å². The molecule has 2 amide bonds. The largest absolute Gasteiger partial charge is 0.453 e. The third-order valence-electron chi connectivity index (χ3n) is 7.19. The molecule has 0 saturated heterocycles. The zero-order chi connectivity index (χ0) is 28.4. The number of aromatic nitrogens is 1. The van der Waals surface area contributed by atoms with Gasteiger partial charge in [-0.1, -0.05) is 55.8 Å². The van der Waals surface area contributed by atoms with Crippen molar-refractivity contribution in [2.24, 2.45) is 5.41 Å². The number of pyridine rings is 1. The number of nitrogens with one attached hydrogen (secondary N) is 2. The summed E-state index contributed by atoms with van der Waals surface area (Å²) in [6, 6.07) is 25.4. The lowest BCUT2D eigenvalue weighted by Gasteiger charge is -2.16. The monoisotopic (exact) mass is 565 g/mol. The number of para-hydroxylation sites is 1. The second-order valence-electron chi connectivity index (χ2n) is 10.2. The molecule has 2 N–H and O–H groups in total. The molecule has 0 unspecified atom stereocenters. The summed E-state index contributed by atoms with van der Waals surface area (Å²) in [5.41, 5.74) is 2.89. The van der Waals surface area contributed by atoms with Crippen molar-refractivity contribution >= 4 is 44.7 Å². The topological polar surface area (TPSA) is 80.3 Å². The van der Waals surface area contributed by atoms with Gasteiger partial charge in [0, 0.05) is 34.6 Å². The Balaban J connectivity index is 1.17. The molecule has 0 radical (unpaired) electrons. The minimum Gasteiger partial charge on any atom is -0.453 e. The lowest BCUT2D eigenvalue weighted by atomic mass is 10.0. The Morgan fingerprint density at radius 3 is 2.41 bits per heavy atom. The normalized spacial score (nSPS) is 13.5. The Hall–Kier alpha value is -4.56. The average Bonchev–Trinajstić information content (AvgIpc) is 3.68. The van der Waals surface area contributed by atoms with Crippen LogP contribution < -0.4 is 15.4 Å². The van der Waals surface area contributed by atoms with Crippen molar-refractivity contribution < 1.29 is 18.7 Å². The maximum Gasteiger partial charge on any atom is 0.240 e. The molecule has 1 fully saturated rings. The number of thiophene rings is 1. The van der Waals surface area contributed by atoms with Crippen molar-refractivity contribution in [2.45, 2.75) is 32.6 Å². The molecule has 0 bridgehead atoms. The van der Waals surface area contributed by atoms with Crippen LogP contribution in [0.4, 0.5) is 15.8 Å². The molecule has 6 nitrogen and oxygen atoms in total. The zero-order valence-corrected chi connectivity index (χ0v) is 23.3. The van der Waals surface area contributed by atoms with Crippen molar-refractivity contribution in [3.05, 3.63) is 103 Å². The molecular formula is C33H28FN3O3S. The maximum atomic E-state index is 15.2. The lowest BCUT2D eigenvalue weighted by Crippen LogP contribution is -2.35. The first-order valence-corrected chi connectivity index (χ1v) is 14.4. The predicted molar refractivity (Wildman–Crippen MR) is 161 cm³/mol. The third kappa shape index (κ3) is 5.56. The number of hydrogen-bond acceptors (Lipinski definition) is 5. The van der Waals surface area contributed by atoms with Gasteiger partial charge < -0.3 is 15.4 Å². The number of halogens is 1. The van der Waals surface area contributed by atoms with Gasteiger partial charge in [-0.3, -0.25) is 14.6 Å². The molecule has 2 aromatic heterocycles. The number of benzene rings is 3. The van der Waals surface area contributed by atoms with Crippen molar-refractivity contribution in [3.8, 4) is 21.9 Å². The van der Waals surface area contributed by atoms with Crippen LogP contribution in [0.3, 0.4) is 0 Å². The molecule has 0 atom stereocenters. The van der Waals surface area contributed by atoms with Gasteiger partial charge in [0.1, 0.15) is 11.2 Å². The zero-order valence-electron chi connectivity index (χ0n) is 22.4. The smallest absolute Gasteiger partial charge is 0.240 e. The molecular weight excluding hydrogens is 537 g/mol. The summed E-state index contributed by atoms with van der Waals surface area (Å²) >= 11 is 1.55. The number of fused-ring (bicyclic) bond motifs is 1. The Kier molecular flexibility index (Phi) is 7.24. The highest BCUT2D eigenvalue weighted by Crippen LogP contribution is 2.48. The van der Waals surface area contributed by atoms with E-state index in [-0.39, 0.29) is 17.3 Å². The van der Waals surface area contributed by atoms with Crippen molar-refractivity contribution in [2.75, 3.05) is 10.6 Å². The standard InChI is InChI=1S/C33H28FN3O3S/c1-2-7-21-8-6-9-22(18-21)29-20-26-30(41-29)28(14-17-35-26)40-27-13-12-24(19-25(27)34)37-32(39)33(15-16-33)31(38)36-23-10-4-3-5-11-23/h3-6,8-14,17-20H,2,7,15-16H2,1H3,(H,36,38)(H,37,39). The first kappa shape index (κ1) is 26.7. The molecule has 6 rings (SSSR count). The average molecular weight is 566 g/mol. The number of hydrogen-bond donors (Lipinski definition) is 2. The fourth-order valence-corrected chi connectivity index (χ4v) is 5.85. The van der Waals surface area contributed by atoms with Gasteiger partial charge in [-0.25, -0.2) is 4.39 Å². The molecule has 0 spiro atoms. The van der Waals surface area contributed by atoms with Crippen LogP contribution in [0.15, 0.2) is 91.1 Å². The number of carbonyl (C=O) groups excluding carboxylic acids is 2. The van der Waals surface area contributed by atoms with Gasteiger partial charge in [-0.05, 0) is 60.7 Å². The summed E-state index contributed by atoms with van der Waals surface area (Å²) in [6.45, 7) is 2.16. The highest BCUT2D eigenvalue weighted by atomic mass is 32.1. The number of amides is 2. The number of anilines is 2. The van der Waals surface area contributed by atoms with Gasteiger partial charge >= 0.3 is 0 Å². The second kappa shape index (κ2) is 11.1.